The first kappa shape index (κ1) is 19.3. The molecule has 1 N–H and O–H groups in total. The van der Waals surface area contributed by atoms with E-state index in [1.807, 2.05) is 30.5 Å². The summed E-state index contributed by atoms with van der Waals surface area (Å²) in [6.45, 7) is 2.16. The van der Waals surface area contributed by atoms with E-state index in [2.05, 4.69) is 10.3 Å². The van der Waals surface area contributed by atoms with E-state index in [1.54, 1.807) is 18.2 Å². The lowest BCUT2D eigenvalue weighted by molar-refractivity contribution is -0.121. The standard InChI is InChI=1S/C20H18ClFN2O2S/c1-13(17-4-2-3-5-18(17)21)23-19(25)10-15-12-27-20(24-15)11-26-16-8-6-14(22)7-9-16/h2-9,12-13H,10-11H2,1H3,(H,23,25). The van der Waals surface area contributed by atoms with Crippen LogP contribution >= 0.6 is 22.9 Å². The Labute approximate surface area is 166 Å². The van der Waals surface area contributed by atoms with Crippen LogP contribution < -0.4 is 10.1 Å². The van der Waals surface area contributed by atoms with Crippen LogP contribution in [0.25, 0.3) is 0 Å². The number of amides is 1. The lowest BCUT2D eigenvalue weighted by Crippen LogP contribution is -2.28. The van der Waals surface area contributed by atoms with Crippen molar-refractivity contribution >= 4 is 28.8 Å². The molecule has 0 aliphatic heterocycles. The molecule has 3 aromatic rings. The first-order valence-electron chi connectivity index (χ1n) is 8.36. The number of aromatic nitrogens is 1. The van der Waals surface area contributed by atoms with Gasteiger partial charge in [-0.25, -0.2) is 9.37 Å². The molecule has 1 aromatic heterocycles. The summed E-state index contributed by atoms with van der Waals surface area (Å²) in [5.74, 6) is 0.133. The molecule has 0 spiro atoms. The van der Waals surface area contributed by atoms with E-state index in [1.165, 1.54) is 23.5 Å². The zero-order valence-electron chi connectivity index (χ0n) is 14.6. The third-order valence-electron chi connectivity index (χ3n) is 3.87. The summed E-state index contributed by atoms with van der Waals surface area (Å²) in [6, 6.07) is 13.0. The van der Waals surface area contributed by atoms with Crippen molar-refractivity contribution in [2.24, 2.45) is 0 Å². The maximum absolute atomic E-state index is 12.9. The van der Waals surface area contributed by atoms with Crippen molar-refractivity contribution in [2.75, 3.05) is 0 Å². The zero-order chi connectivity index (χ0) is 19.2. The average molecular weight is 405 g/mol. The first-order chi connectivity index (χ1) is 13.0. The van der Waals surface area contributed by atoms with E-state index in [0.29, 0.717) is 16.5 Å². The minimum absolute atomic E-state index is 0.126. The molecule has 1 unspecified atom stereocenters. The van der Waals surface area contributed by atoms with Crippen molar-refractivity contribution in [3.05, 3.63) is 81.0 Å². The van der Waals surface area contributed by atoms with E-state index in [4.69, 9.17) is 16.3 Å². The van der Waals surface area contributed by atoms with Crippen LogP contribution in [-0.4, -0.2) is 10.9 Å². The fraction of sp³-hybridized carbons (Fsp3) is 0.200. The molecule has 0 fully saturated rings. The van der Waals surface area contributed by atoms with Crippen LogP contribution in [0.4, 0.5) is 4.39 Å². The minimum atomic E-state index is -0.309. The van der Waals surface area contributed by atoms with Gasteiger partial charge in [-0.15, -0.1) is 11.3 Å². The number of thiazole rings is 1. The molecular weight excluding hydrogens is 387 g/mol. The number of carbonyl (C=O) groups excluding carboxylic acids is 1. The Balaban J connectivity index is 1.51. The third-order valence-corrected chi connectivity index (χ3v) is 5.08. The number of hydrogen-bond acceptors (Lipinski definition) is 4. The van der Waals surface area contributed by atoms with Gasteiger partial charge in [0.15, 0.2) is 0 Å². The Morgan fingerprint density at radius 2 is 2.00 bits per heavy atom. The van der Waals surface area contributed by atoms with Crippen molar-refractivity contribution in [1.29, 1.82) is 0 Å². The van der Waals surface area contributed by atoms with Crippen LogP contribution in [0, 0.1) is 5.82 Å². The molecule has 4 nitrogen and oxygen atoms in total. The highest BCUT2D eigenvalue weighted by atomic mass is 35.5. The summed E-state index contributed by atoms with van der Waals surface area (Å²) in [7, 11) is 0. The lowest BCUT2D eigenvalue weighted by atomic mass is 10.1. The highest BCUT2D eigenvalue weighted by Crippen LogP contribution is 2.22. The number of rotatable bonds is 7. The molecule has 0 saturated carbocycles. The average Bonchev–Trinajstić information content (AvgIpc) is 3.08. The van der Waals surface area contributed by atoms with Gasteiger partial charge < -0.3 is 10.1 Å². The van der Waals surface area contributed by atoms with Gasteiger partial charge in [0, 0.05) is 10.4 Å². The highest BCUT2D eigenvalue weighted by Gasteiger charge is 2.14. The van der Waals surface area contributed by atoms with Gasteiger partial charge >= 0.3 is 0 Å². The number of ether oxygens (including phenoxy) is 1. The summed E-state index contributed by atoms with van der Waals surface area (Å²) < 4.78 is 18.5. The summed E-state index contributed by atoms with van der Waals surface area (Å²) in [6.07, 6.45) is 0.182. The molecule has 0 radical (unpaired) electrons. The van der Waals surface area contributed by atoms with Gasteiger partial charge in [0.1, 0.15) is 23.2 Å². The molecule has 3 rings (SSSR count). The van der Waals surface area contributed by atoms with Gasteiger partial charge in [-0.3, -0.25) is 4.79 Å². The van der Waals surface area contributed by atoms with Crippen molar-refractivity contribution in [3.63, 3.8) is 0 Å². The Morgan fingerprint density at radius 3 is 2.74 bits per heavy atom. The summed E-state index contributed by atoms with van der Waals surface area (Å²) >= 11 is 7.58. The number of carbonyl (C=O) groups is 1. The normalized spacial score (nSPS) is 11.8. The second-order valence-corrected chi connectivity index (χ2v) is 7.31. The predicted octanol–water partition coefficient (Wildman–Crippen LogP) is 4.93. The van der Waals surface area contributed by atoms with Crippen LogP contribution in [-0.2, 0) is 17.8 Å². The first-order valence-corrected chi connectivity index (χ1v) is 9.62. The van der Waals surface area contributed by atoms with Gasteiger partial charge in [0.2, 0.25) is 5.91 Å². The molecule has 1 amide bonds. The SMILES string of the molecule is CC(NC(=O)Cc1csc(COc2ccc(F)cc2)n1)c1ccccc1Cl. The Hall–Kier alpha value is -2.44. The highest BCUT2D eigenvalue weighted by molar-refractivity contribution is 7.09. The molecule has 0 bridgehead atoms. The van der Waals surface area contributed by atoms with E-state index >= 15 is 0 Å². The third kappa shape index (κ3) is 5.52. The molecule has 0 aliphatic rings. The van der Waals surface area contributed by atoms with Crippen molar-refractivity contribution in [2.45, 2.75) is 26.0 Å². The fourth-order valence-corrected chi connectivity index (χ4v) is 3.54. The monoisotopic (exact) mass is 404 g/mol. The predicted molar refractivity (Wildman–Crippen MR) is 105 cm³/mol. The number of benzene rings is 2. The van der Waals surface area contributed by atoms with Crippen LogP contribution in [0.5, 0.6) is 5.75 Å². The number of nitrogens with zero attached hydrogens (tertiary/aromatic N) is 1. The molecule has 7 heteroatoms. The minimum Gasteiger partial charge on any atom is -0.486 e. The Kier molecular flexibility index (Phi) is 6.42. The van der Waals surface area contributed by atoms with Crippen LogP contribution in [0.15, 0.2) is 53.9 Å². The van der Waals surface area contributed by atoms with E-state index in [-0.39, 0.29) is 30.8 Å². The van der Waals surface area contributed by atoms with E-state index in [9.17, 15) is 9.18 Å². The Morgan fingerprint density at radius 1 is 1.26 bits per heavy atom. The van der Waals surface area contributed by atoms with Gasteiger partial charge in [-0.1, -0.05) is 29.8 Å². The quantitative estimate of drug-likeness (QED) is 0.607. The summed E-state index contributed by atoms with van der Waals surface area (Å²) in [4.78, 5) is 16.7. The van der Waals surface area contributed by atoms with Crippen LogP contribution in [0.2, 0.25) is 5.02 Å². The summed E-state index contributed by atoms with van der Waals surface area (Å²) in [5.41, 5.74) is 1.56. The van der Waals surface area contributed by atoms with Crippen LogP contribution in [0.1, 0.15) is 29.2 Å². The zero-order valence-corrected chi connectivity index (χ0v) is 16.2. The molecule has 0 aliphatic carbocycles. The largest absolute Gasteiger partial charge is 0.486 e. The van der Waals surface area contributed by atoms with Crippen molar-refractivity contribution in [3.8, 4) is 5.75 Å². The number of nitrogens with one attached hydrogen (secondary N) is 1. The van der Waals surface area contributed by atoms with Crippen molar-refractivity contribution < 1.29 is 13.9 Å². The van der Waals surface area contributed by atoms with E-state index < -0.39 is 0 Å². The second-order valence-electron chi connectivity index (χ2n) is 5.96. The number of hydrogen-bond donors (Lipinski definition) is 1. The lowest BCUT2D eigenvalue weighted by Gasteiger charge is -2.15. The molecule has 0 saturated heterocycles. The van der Waals surface area contributed by atoms with Crippen LogP contribution in [0.3, 0.4) is 0 Å². The topological polar surface area (TPSA) is 51.2 Å². The maximum atomic E-state index is 12.9. The molecule has 1 heterocycles. The van der Waals surface area contributed by atoms with Gasteiger partial charge in [0.05, 0.1) is 18.2 Å². The molecule has 1 atom stereocenters. The number of halogens is 2. The fourth-order valence-electron chi connectivity index (χ4n) is 2.53. The van der Waals surface area contributed by atoms with Crippen molar-refractivity contribution in [1.82, 2.24) is 10.3 Å². The molecular formula is C20H18ClFN2O2S. The summed E-state index contributed by atoms with van der Waals surface area (Å²) in [5, 5.41) is 6.14. The smallest absolute Gasteiger partial charge is 0.226 e. The second kappa shape index (κ2) is 8.97. The molecule has 27 heavy (non-hydrogen) atoms. The van der Waals surface area contributed by atoms with Gasteiger partial charge in [0.25, 0.3) is 0 Å². The maximum Gasteiger partial charge on any atom is 0.226 e. The molecule has 140 valence electrons. The van der Waals surface area contributed by atoms with Gasteiger partial charge in [-0.2, -0.15) is 0 Å². The molecule has 2 aromatic carbocycles. The Bertz CT molecular complexity index is 914. The van der Waals surface area contributed by atoms with E-state index in [0.717, 1.165) is 10.6 Å². The van der Waals surface area contributed by atoms with Gasteiger partial charge in [-0.05, 0) is 42.8 Å².